The fourth-order valence-electron chi connectivity index (χ4n) is 2.56. The second-order valence-electron chi connectivity index (χ2n) is 6.01. The number of rotatable bonds is 6. The van der Waals surface area contributed by atoms with Gasteiger partial charge >= 0.3 is 12.1 Å². The Labute approximate surface area is 141 Å². The van der Waals surface area contributed by atoms with Gasteiger partial charge in [0.25, 0.3) is 0 Å². The van der Waals surface area contributed by atoms with Crippen molar-refractivity contribution in [3.8, 4) is 0 Å². The summed E-state index contributed by atoms with van der Waals surface area (Å²) in [4.78, 5) is 11.5. The SMILES string of the molecule is CSc1cc(Cl)ccc1C(C)(C)C[C@@](O)(CC(=O)O)C(F)(F)F. The van der Waals surface area contributed by atoms with Crippen molar-refractivity contribution in [2.75, 3.05) is 6.26 Å². The molecule has 0 unspecified atom stereocenters. The summed E-state index contributed by atoms with van der Waals surface area (Å²) >= 11 is 7.22. The molecule has 23 heavy (non-hydrogen) atoms. The van der Waals surface area contributed by atoms with Crippen molar-refractivity contribution in [3.05, 3.63) is 28.8 Å². The molecule has 0 aromatic heterocycles. The zero-order valence-corrected chi connectivity index (χ0v) is 14.4. The van der Waals surface area contributed by atoms with Gasteiger partial charge in [0, 0.05) is 9.92 Å². The quantitative estimate of drug-likeness (QED) is 0.724. The van der Waals surface area contributed by atoms with E-state index in [1.54, 1.807) is 24.5 Å². The molecule has 0 amide bonds. The van der Waals surface area contributed by atoms with Crippen molar-refractivity contribution < 1.29 is 28.2 Å². The lowest BCUT2D eigenvalue weighted by atomic mass is 9.74. The number of carboxylic acid groups (broad SMARTS) is 1. The first-order chi connectivity index (χ1) is 10.3. The summed E-state index contributed by atoms with van der Waals surface area (Å²) in [6, 6.07) is 4.79. The molecule has 0 fully saturated rings. The molecule has 0 radical (unpaired) electrons. The maximum absolute atomic E-state index is 13.2. The summed E-state index contributed by atoms with van der Waals surface area (Å²) in [6.07, 6.45) is -5.46. The second kappa shape index (κ2) is 6.91. The zero-order valence-electron chi connectivity index (χ0n) is 12.9. The van der Waals surface area contributed by atoms with Crippen LogP contribution >= 0.6 is 23.4 Å². The van der Waals surface area contributed by atoms with E-state index in [1.807, 2.05) is 0 Å². The van der Waals surface area contributed by atoms with E-state index in [1.165, 1.54) is 25.6 Å². The van der Waals surface area contributed by atoms with E-state index in [2.05, 4.69) is 0 Å². The van der Waals surface area contributed by atoms with Crippen LogP contribution in [-0.2, 0) is 10.2 Å². The molecule has 0 saturated heterocycles. The van der Waals surface area contributed by atoms with E-state index in [0.29, 0.717) is 15.5 Å². The Kier molecular flexibility index (Phi) is 6.04. The topological polar surface area (TPSA) is 57.5 Å². The Morgan fingerprint density at radius 3 is 2.30 bits per heavy atom. The van der Waals surface area contributed by atoms with Crippen molar-refractivity contribution in [1.82, 2.24) is 0 Å². The average molecular weight is 371 g/mol. The van der Waals surface area contributed by atoms with Crippen molar-refractivity contribution in [1.29, 1.82) is 0 Å². The van der Waals surface area contributed by atoms with Crippen LogP contribution in [0.1, 0.15) is 32.3 Å². The Morgan fingerprint density at radius 1 is 1.30 bits per heavy atom. The van der Waals surface area contributed by atoms with Crippen LogP contribution in [-0.4, -0.2) is 34.2 Å². The van der Waals surface area contributed by atoms with Crippen LogP contribution in [0.2, 0.25) is 5.02 Å². The summed E-state index contributed by atoms with van der Waals surface area (Å²) in [7, 11) is 0. The summed E-state index contributed by atoms with van der Waals surface area (Å²) in [5.41, 5.74) is -3.84. The highest BCUT2D eigenvalue weighted by Gasteiger charge is 2.57. The predicted molar refractivity (Wildman–Crippen MR) is 84.1 cm³/mol. The number of aliphatic hydroxyl groups is 1. The summed E-state index contributed by atoms with van der Waals surface area (Å²) in [6.45, 7) is 3.07. The number of thioether (sulfide) groups is 1. The molecular weight excluding hydrogens is 353 g/mol. The highest BCUT2D eigenvalue weighted by Crippen LogP contribution is 2.45. The monoisotopic (exact) mass is 370 g/mol. The molecule has 3 nitrogen and oxygen atoms in total. The molecule has 130 valence electrons. The molecule has 0 heterocycles. The molecule has 1 rings (SSSR count). The van der Waals surface area contributed by atoms with Gasteiger partial charge in [-0.05, 0) is 35.8 Å². The summed E-state index contributed by atoms with van der Waals surface area (Å²) < 4.78 is 39.7. The first kappa shape index (κ1) is 20.1. The van der Waals surface area contributed by atoms with Crippen LogP contribution in [0.15, 0.2) is 23.1 Å². The van der Waals surface area contributed by atoms with E-state index < -0.39 is 36.0 Å². The number of halogens is 4. The number of aliphatic carboxylic acids is 1. The lowest BCUT2D eigenvalue weighted by Crippen LogP contribution is -2.50. The third-order valence-electron chi connectivity index (χ3n) is 3.60. The van der Waals surface area contributed by atoms with Crippen molar-refractivity contribution >= 4 is 29.3 Å². The van der Waals surface area contributed by atoms with Crippen molar-refractivity contribution in [2.24, 2.45) is 0 Å². The van der Waals surface area contributed by atoms with Gasteiger partial charge in [-0.2, -0.15) is 13.2 Å². The average Bonchev–Trinajstić information content (AvgIpc) is 2.34. The van der Waals surface area contributed by atoms with Crippen LogP contribution in [0.3, 0.4) is 0 Å². The molecule has 0 bridgehead atoms. The number of hydrogen-bond donors (Lipinski definition) is 2. The first-order valence-corrected chi connectivity index (χ1v) is 8.27. The molecular formula is C15H18ClF3O3S. The highest BCUT2D eigenvalue weighted by atomic mass is 35.5. The third-order valence-corrected chi connectivity index (χ3v) is 4.61. The van der Waals surface area contributed by atoms with Crippen molar-refractivity contribution in [3.63, 3.8) is 0 Å². The fourth-order valence-corrected chi connectivity index (χ4v) is 3.61. The Balaban J connectivity index is 3.29. The minimum atomic E-state index is -5.05. The van der Waals surface area contributed by atoms with E-state index in [0.717, 1.165) is 0 Å². The number of carbonyl (C=O) groups is 1. The lowest BCUT2D eigenvalue weighted by Gasteiger charge is -2.37. The molecule has 2 N–H and O–H groups in total. The third kappa shape index (κ3) is 4.78. The van der Waals surface area contributed by atoms with Crippen LogP contribution in [0.5, 0.6) is 0 Å². The first-order valence-electron chi connectivity index (χ1n) is 6.67. The van der Waals surface area contributed by atoms with E-state index >= 15 is 0 Å². The van der Waals surface area contributed by atoms with Crippen LogP contribution in [0, 0.1) is 0 Å². The number of carboxylic acids is 1. The number of alkyl halides is 3. The van der Waals surface area contributed by atoms with Crippen LogP contribution < -0.4 is 0 Å². The second-order valence-corrected chi connectivity index (χ2v) is 7.29. The standard InChI is InChI=1S/C15H18ClF3O3S/c1-13(2,10-5-4-9(16)6-11(10)23-3)8-14(22,7-12(20)21)15(17,18)19/h4-6,22H,7-8H2,1-3H3,(H,20,21)/t14-/m0/s1. The fraction of sp³-hybridized carbons (Fsp3) is 0.533. The maximum atomic E-state index is 13.2. The van der Waals surface area contributed by atoms with Gasteiger partial charge in [0.15, 0.2) is 5.60 Å². The Bertz CT molecular complexity index is 590. The predicted octanol–water partition coefficient (Wildman–Crippen LogP) is 4.50. The van der Waals surface area contributed by atoms with Gasteiger partial charge in [-0.25, -0.2) is 0 Å². The van der Waals surface area contributed by atoms with Crippen LogP contribution in [0.4, 0.5) is 13.2 Å². The molecule has 1 atom stereocenters. The van der Waals surface area contributed by atoms with Crippen LogP contribution in [0.25, 0.3) is 0 Å². The normalized spacial score (nSPS) is 15.3. The highest BCUT2D eigenvalue weighted by molar-refractivity contribution is 7.98. The molecule has 1 aromatic carbocycles. The molecule has 1 aromatic rings. The van der Waals surface area contributed by atoms with Gasteiger partial charge in [-0.15, -0.1) is 11.8 Å². The zero-order chi connectivity index (χ0) is 18.1. The van der Waals surface area contributed by atoms with Gasteiger partial charge in [-0.3, -0.25) is 4.79 Å². The minimum absolute atomic E-state index is 0.450. The Hall–Kier alpha value is -0.920. The van der Waals surface area contributed by atoms with Gasteiger partial charge in [0.05, 0.1) is 6.42 Å². The van der Waals surface area contributed by atoms with Crippen molar-refractivity contribution in [2.45, 2.75) is 48.8 Å². The maximum Gasteiger partial charge on any atom is 0.417 e. The lowest BCUT2D eigenvalue weighted by molar-refractivity contribution is -0.269. The van der Waals surface area contributed by atoms with E-state index in [-0.39, 0.29) is 0 Å². The molecule has 0 aliphatic rings. The van der Waals surface area contributed by atoms with Gasteiger partial charge in [0.1, 0.15) is 0 Å². The smallest absolute Gasteiger partial charge is 0.417 e. The molecule has 8 heteroatoms. The molecule has 0 aliphatic heterocycles. The largest absolute Gasteiger partial charge is 0.481 e. The molecule has 0 aliphatic carbocycles. The van der Waals surface area contributed by atoms with Gasteiger partial charge in [-0.1, -0.05) is 31.5 Å². The van der Waals surface area contributed by atoms with E-state index in [4.69, 9.17) is 16.7 Å². The minimum Gasteiger partial charge on any atom is -0.481 e. The number of benzene rings is 1. The van der Waals surface area contributed by atoms with E-state index in [9.17, 15) is 23.1 Å². The molecule has 0 saturated carbocycles. The van der Waals surface area contributed by atoms with Gasteiger partial charge in [0.2, 0.25) is 0 Å². The van der Waals surface area contributed by atoms with Gasteiger partial charge < -0.3 is 10.2 Å². The summed E-state index contributed by atoms with van der Waals surface area (Å²) in [5, 5.41) is 19.2. The molecule has 0 spiro atoms. The number of hydrogen-bond acceptors (Lipinski definition) is 3. The summed E-state index contributed by atoms with van der Waals surface area (Å²) in [5.74, 6) is -1.71. The Morgan fingerprint density at radius 2 is 1.87 bits per heavy atom.